The standard InChI is InChI=1S/C20H30N2O4S/c1-3-7-15(2)22-18-11-10-17(20(23)24)14-19(18)27(25,26)21-13-12-16-8-5-4-6-9-16/h8,10-11,14-15,21-22H,3-7,9,12-13H2,1-2H3,(H,23,24)/t15-/m0/s1. The second-order valence-electron chi connectivity index (χ2n) is 7.11. The second-order valence-corrected chi connectivity index (χ2v) is 8.84. The van der Waals surface area contributed by atoms with Crippen molar-refractivity contribution in [3.05, 3.63) is 35.4 Å². The van der Waals surface area contributed by atoms with Gasteiger partial charge in [-0.2, -0.15) is 0 Å². The number of rotatable bonds is 10. The van der Waals surface area contributed by atoms with Crippen LogP contribution in [0.2, 0.25) is 0 Å². The van der Waals surface area contributed by atoms with E-state index in [1.807, 2.05) is 6.92 Å². The summed E-state index contributed by atoms with van der Waals surface area (Å²) in [5.74, 6) is -1.15. The maximum atomic E-state index is 12.8. The van der Waals surface area contributed by atoms with Crippen molar-refractivity contribution < 1.29 is 18.3 Å². The molecular formula is C20H30N2O4S. The van der Waals surface area contributed by atoms with Crippen LogP contribution in [0, 0.1) is 0 Å². The van der Waals surface area contributed by atoms with E-state index < -0.39 is 16.0 Å². The summed E-state index contributed by atoms with van der Waals surface area (Å²) in [5.41, 5.74) is 1.68. The average Bonchev–Trinajstić information content (AvgIpc) is 2.62. The maximum Gasteiger partial charge on any atom is 0.335 e. The highest BCUT2D eigenvalue weighted by Crippen LogP contribution is 2.25. The molecule has 0 aliphatic heterocycles. The van der Waals surface area contributed by atoms with Crippen LogP contribution in [0.25, 0.3) is 0 Å². The van der Waals surface area contributed by atoms with E-state index in [4.69, 9.17) is 0 Å². The maximum absolute atomic E-state index is 12.8. The number of benzene rings is 1. The van der Waals surface area contributed by atoms with Gasteiger partial charge in [-0.3, -0.25) is 0 Å². The van der Waals surface area contributed by atoms with Crippen molar-refractivity contribution in [3.8, 4) is 0 Å². The summed E-state index contributed by atoms with van der Waals surface area (Å²) in [5, 5.41) is 12.4. The van der Waals surface area contributed by atoms with Gasteiger partial charge >= 0.3 is 5.97 Å². The molecule has 27 heavy (non-hydrogen) atoms. The summed E-state index contributed by atoms with van der Waals surface area (Å²) in [7, 11) is -3.81. The molecule has 6 nitrogen and oxygen atoms in total. The Kier molecular flexibility index (Phi) is 7.86. The number of allylic oxidation sites excluding steroid dienone is 1. The van der Waals surface area contributed by atoms with Crippen molar-refractivity contribution in [1.82, 2.24) is 4.72 Å². The number of anilines is 1. The van der Waals surface area contributed by atoms with E-state index in [0.29, 0.717) is 18.7 Å². The van der Waals surface area contributed by atoms with Crippen LogP contribution in [0.4, 0.5) is 5.69 Å². The van der Waals surface area contributed by atoms with Gasteiger partial charge in [-0.1, -0.05) is 25.0 Å². The van der Waals surface area contributed by atoms with Crippen LogP contribution in [0.5, 0.6) is 0 Å². The lowest BCUT2D eigenvalue weighted by atomic mass is 9.97. The summed E-state index contributed by atoms with van der Waals surface area (Å²) in [4.78, 5) is 11.3. The van der Waals surface area contributed by atoms with Crippen LogP contribution in [0.1, 0.15) is 69.2 Å². The highest BCUT2D eigenvalue weighted by molar-refractivity contribution is 7.89. The van der Waals surface area contributed by atoms with E-state index in [1.165, 1.54) is 30.2 Å². The quantitative estimate of drug-likeness (QED) is 0.518. The van der Waals surface area contributed by atoms with Crippen LogP contribution in [-0.2, 0) is 10.0 Å². The molecule has 0 radical (unpaired) electrons. The Bertz CT molecular complexity index is 787. The minimum absolute atomic E-state index is 0.0111. The summed E-state index contributed by atoms with van der Waals surface area (Å²) in [6.45, 7) is 4.36. The average molecular weight is 395 g/mol. The lowest BCUT2D eigenvalue weighted by Crippen LogP contribution is -2.27. The first kappa shape index (κ1) is 21.4. The van der Waals surface area contributed by atoms with Gasteiger partial charge in [0.15, 0.2) is 0 Å². The van der Waals surface area contributed by atoms with E-state index in [0.717, 1.165) is 32.1 Å². The summed E-state index contributed by atoms with van der Waals surface area (Å²) in [6.07, 6.45) is 9.18. The fraction of sp³-hybridized carbons (Fsp3) is 0.550. The highest BCUT2D eigenvalue weighted by atomic mass is 32.2. The summed E-state index contributed by atoms with van der Waals surface area (Å²) in [6, 6.07) is 4.28. The number of carbonyl (C=O) groups is 1. The van der Waals surface area contributed by atoms with Gasteiger partial charge in [-0.05, 0) is 63.6 Å². The Morgan fingerprint density at radius 2 is 2.07 bits per heavy atom. The van der Waals surface area contributed by atoms with Gasteiger partial charge in [0.2, 0.25) is 10.0 Å². The zero-order valence-electron chi connectivity index (χ0n) is 16.1. The lowest BCUT2D eigenvalue weighted by Gasteiger charge is -2.19. The Morgan fingerprint density at radius 1 is 1.30 bits per heavy atom. The first-order valence-electron chi connectivity index (χ1n) is 9.65. The van der Waals surface area contributed by atoms with Crippen LogP contribution in [0.15, 0.2) is 34.7 Å². The van der Waals surface area contributed by atoms with E-state index in [2.05, 4.69) is 23.0 Å². The van der Waals surface area contributed by atoms with Crippen molar-refractivity contribution in [2.75, 3.05) is 11.9 Å². The molecule has 3 N–H and O–H groups in total. The third kappa shape index (κ3) is 6.36. The normalized spacial score (nSPS) is 15.9. The fourth-order valence-electron chi connectivity index (χ4n) is 3.32. The number of hydrogen-bond acceptors (Lipinski definition) is 4. The molecule has 150 valence electrons. The second kappa shape index (κ2) is 9.90. The van der Waals surface area contributed by atoms with Crippen molar-refractivity contribution in [2.45, 2.75) is 69.7 Å². The third-order valence-corrected chi connectivity index (χ3v) is 6.27. The Labute approximate surface area is 162 Å². The van der Waals surface area contributed by atoms with Gasteiger partial charge in [0.25, 0.3) is 0 Å². The molecule has 0 unspecified atom stereocenters. The summed E-state index contributed by atoms with van der Waals surface area (Å²) >= 11 is 0. The molecule has 1 aromatic carbocycles. The molecular weight excluding hydrogens is 364 g/mol. The molecule has 0 bridgehead atoms. The molecule has 0 amide bonds. The van der Waals surface area contributed by atoms with Crippen LogP contribution in [0.3, 0.4) is 0 Å². The molecule has 2 rings (SSSR count). The minimum Gasteiger partial charge on any atom is -0.478 e. The highest BCUT2D eigenvalue weighted by Gasteiger charge is 2.21. The lowest BCUT2D eigenvalue weighted by molar-refractivity contribution is 0.0696. The molecule has 0 fully saturated rings. The van der Waals surface area contributed by atoms with Crippen LogP contribution in [-0.4, -0.2) is 32.1 Å². The molecule has 1 aromatic rings. The fourth-order valence-corrected chi connectivity index (χ4v) is 4.55. The smallest absolute Gasteiger partial charge is 0.335 e. The summed E-state index contributed by atoms with van der Waals surface area (Å²) < 4.78 is 28.3. The van der Waals surface area contributed by atoms with Crippen LogP contribution < -0.4 is 10.0 Å². The molecule has 0 aromatic heterocycles. The number of sulfonamides is 1. The number of carboxylic acid groups (broad SMARTS) is 1. The van der Waals surface area contributed by atoms with Gasteiger partial charge in [0.1, 0.15) is 4.90 Å². The first-order chi connectivity index (χ1) is 12.8. The van der Waals surface area contributed by atoms with E-state index in [9.17, 15) is 18.3 Å². The molecule has 0 saturated carbocycles. The van der Waals surface area contributed by atoms with Crippen molar-refractivity contribution >= 4 is 21.7 Å². The van der Waals surface area contributed by atoms with E-state index in [1.54, 1.807) is 0 Å². The largest absolute Gasteiger partial charge is 0.478 e. The van der Waals surface area contributed by atoms with Gasteiger partial charge in [0.05, 0.1) is 11.3 Å². The molecule has 1 aliphatic carbocycles. The van der Waals surface area contributed by atoms with Crippen LogP contribution >= 0.6 is 0 Å². The predicted molar refractivity (Wildman–Crippen MR) is 108 cm³/mol. The van der Waals surface area contributed by atoms with Gasteiger partial charge < -0.3 is 10.4 Å². The van der Waals surface area contributed by atoms with Crippen molar-refractivity contribution in [2.24, 2.45) is 0 Å². The SMILES string of the molecule is CCC[C@H](C)Nc1ccc(C(=O)O)cc1S(=O)(=O)NCCC1=CCCCC1. The molecule has 0 spiro atoms. The number of nitrogens with one attached hydrogen (secondary N) is 2. The monoisotopic (exact) mass is 394 g/mol. The third-order valence-electron chi connectivity index (χ3n) is 4.76. The number of hydrogen-bond donors (Lipinski definition) is 3. The van der Waals surface area contributed by atoms with E-state index in [-0.39, 0.29) is 16.5 Å². The molecule has 1 aliphatic rings. The zero-order valence-corrected chi connectivity index (χ0v) is 16.9. The Morgan fingerprint density at radius 3 is 2.70 bits per heavy atom. The van der Waals surface area contributed by atoms with E-state index >= 15 is 0 Å². The van der Waals surface area contributed by atoms with Gasteiger partial charge in [-0.15, -0.1) is 0 Å². The topological polar surface area (TPSA) is 95.5 Å². The first-order valence-corrected chi connectivity index (χ1v) is 11.1. The van der Waals surface area contributed by atoms with Crippen molar-refractivity contribution in [3.63, 3.8) is 0 Å². The van der Waals surface area contributed by atoms with Crippen molar-refractivity contribution in [1.29, 1.82) is 0 Å². The molecule has 7 heteroatoms. The van der Waals surface area contributed by atoms with Gasteiger partial charge in [0, 0.05) is 12.6 Å². The Balaban J connectivity index is 2.19. The molecule has 0 saturated heterocycles. The minimum atomic E-state index is -3.81. The zero-order chi connectivity index (χ0) is 19.9. The Hall–Kier alpha value is -1.86. The number of aromatic carboxylic acids is 1. The van der Waals surface area contributed by atoms with Gasteiger partial charge in [-0.25, -0.2) is 17.9 Å². The molecule has 0 heterocycles. The predicted octanol–water partition coefficient (Wildman–Crippen LogP) is 4.15. The molecule has 1 atom stereocenters. The number of carboxylic acids is 1.